The number of Topliss-reactive ketones (excluding diaryl/α,β-unsaturated/α-hetero) is 2. The summed E-state index contributed by atoms with van der Waals surface area (Å²) in [6, 6.07) is 11.3. The zero-order valence-corrected chi connectivity index (χ0v) is 22.1. The highest BCUT2D eigenvalue weighted by atomic mass is 16.4. The number of hydrogen-bond acceptors (Lipinski definition) is 9. The molecule has 3 aliphatic rings. The van der Waals surface area contributed by atoms with Gasteiger partial charge in [0.2, 0.25) is 5.78 Å². The molecule has 0 bridgehead atoms. The molecule has 0 spiro atoms. The number of ketones is 2. The lowest BCUT2D eigenvalue weighted by molar-refractivity contribution is -0.169. The standard InChI is InChI=1S/C30H30N2O8/c1-13-16-12-11-15(10-9-14-7-5-4-6-8-14)23(33)18(16)24(34)19-17(13)25(35)21-22(32(2)3)26(36)20(29(31)39)28(38)30(21,40)27(19)37/h4-13,17,21-22,25,33-35,38,40H,1-3H3,(H2,31,39)/b10-9+/t13?,17?,21?,22-,25?,30-/m0/s1. The Hall–Kier alpha value is -4.25. The molecular formula is C30H30N2O8. The summed E-state index contributed by atoms with van der Waals surface area (Å²) in [5.74, 6) is -9.09. The summed E-state index contributed by atoms with van der Waals surface area (Å²) in [4.78, 5) is 40.7. The van der Waals surface area contributed by atoms with Crippen LogP contribution in [-0.2, 0) is 14.4 Å². The van der Waals surface area contributed by atoms with Crippen molar-refractivity contribution in [2.45, 2.75) is 30.6 Å². The summed E-state index contributed by atoms with van der Waals surface area (Å²) < 4.78 is 0. The molecule has 10 heteroatoms. The minimum absolute atomic E-state index is 0.0498. The van der Waals surface area contributed by atoms with E-state index in [4.69, 9.17) is 5.73 Å². The number of nitrogens with two attached hydrogens (primary N) is 1. The molecule has 0 aliphatic heterocycles. The fourth-order valence-corrected chi connectivity index (χ4v) is 6.52. The maximum Gasteiger partial charge on any atom is 0.255 e. The molecule has 7 N–H and O–H groups in total. The van der Waals surface area contributed by atoms with Crippen molar-refractivity contribution in [3.05, 3.63) is 81.6 Å². The van der Waals surface area contributed by atoms with Gasteiger partial charge >= 0.3 is 0 Å². The first-order valence-corrected chi connectivity index (χ1v) is 12.8. The molecule has 0 radical (unpaired) electrons. The van der Waals surface area contributed by atoms with E-state index >= 15 is 0 Å². The van der Waals surface area contributed by atoms with Crippen molar-refractivity contribution >= 4 is 35.4 Å². The monoisotopic (exact) mass is 546 g/mol. The van der Waals surface area contributed by atoms with Crippen LogP contribution in [0.2, 0.25) is 0 Å². The van der Waals surface area contributed by atoms with Crippen LogP contribution in [0, 0.1) is 11.8 Å². The van der Waals surface area contributed by atoms with E-state index in [1.54, 1.807) is 31.2 Å². The number of amides is 1. The molecule has 6 atom stereocenters. The Morgan fingerprint density at radius 2 is 1.68 bits per heavy atom. The van der Waals surface area contributed by atoms with Gasteiger partial charge in [0.15, 0.2) is 11.4 Å². The predicted octanol–water partition coefficient (Wildman–Crippen LogP) is 1.67. The third-order valence-corrected chi connectivity index (χ3v) is 8.42. The van der Waals surface area contributed by atoms with Crippen molar-refractivity contribution in [1.29, 1.82) is 0 Å². The number of hydrogen-bond donors (Lipinski definition) is 6. The van der Waals surface area contributed by atoms with Gasteiger partial charge in [-0.3, -0.25) is 19.3 Å². The lowest BCUT2D eigenvalue weighted by Gasteiger charge is -2.53. The highest BCUT2D eigenvalue weighted by molar-refractivity contribution is 6.24. The molecule has 0 aromatic heterocycles. The summed E-state index contributed by atoms with van der Waals surface area (Å²) >= 11 is 0. The van der Waals surface area contributed by atoms with Gasteiger partial charge in [-0.1, -0.05) is 61.5 Å². The van der Waals surface area contributed by atoms with Crippen LogP contribution in [0.1, 0.15) is 35.1 Å². The van der Waals surface area contributed by atoms with Gasteiger partial charge in [-0.15, -0.1) is 0 Å². The van der Waals surface area contributed by atoms with Gasteiger partial charge in [-0.05, 0) is 31.1 Å². The maximum absolute atomic E-state index is 14.0. The molecular weight excluding hydrogens is 516 g/mol. The van der Waals surface area contributed by atoms with E-state index in [1.165, 1.54) is 19.0 Å². The van der Waals surface area contributed by atoms with Crippen LogP contribution < -0.4 is 5.73 Å². The van der Waals surface area contributed by atoms with Gasteiger partial charge in [0.1, 0.15) is 22.8 Å². The number of primary amides is 1. The average Bonchev–Trinajstić information content (AvgIpc) is 2.90. The molecule has 3 aliphatic carbocycles. The third kappa shape index (κ3) is 3.64. The number of carbonyl (C=O) groups is 3. The molecule has 1 saturated carbocycles. The number of benzene rings is 2. The number of aromatic hydroxyl groups is 1. The maximum atomic E-state index is 14.0. The Balaban J connectivity index is 1.72. The normalized spacial score (nSPS) is 30.0. The largest absolute Gasteiger partial charge is 0.508 e. The van der Waals surface area contributed by atoms with E-state index in [-0.39, 0.29) is 11.3 Å². The van der Waals surface area contributed by atoms with Gasteiger partial charge < -0.3 is 31.3 Å². The van der Waals surface area contributed by atoms with Crippen LogP contribution in [0.25, 0.3) is 17.9 Å². The fourth-order valence-electron chi connectivity index (χ4n) is 6.52. The van der Waals surface area contributed by atoms with Gasteiger partial charge in [0, 0.05) is 17.1 Å². The van der Waals surface area contributed by atoms with E-state index in [2.05, 4.69) is 0 Å². The number of likely N-dealkylation sites (N-methyl/N-ethyl adjacent to an activating group) is 1. The number of aliphatic hydroxyl groups excluding tert-OH is 3. The molecule has 1 amide bonds. The molecule has 4 unspecified atom stereocenters. The number of rotatable bonds is 4. The molecule has 10 nitrogen and oxygen atoms in total. The minimum atomic E-state index is -2.94. The van der Waals surface area contributed by atoms with Crippen molar-refractivity contribution in [2.75, 3.05) is 14.1 Å². The zero-order valence-electron chi connectivity index (χ0n) is 22.1. The molecule has 2 aromatic carbocycles. The van der Waals surface area contributed by atoms with Crippen LogP contribution in [0.15, 0.2) is 59.4 Å². The first-order valence-electron chi connectivity index (χ1n) is 12.8. The molecule has 0 heterocycles. The Labute approximate surface area is 230 Å². The molecule has 5 rings (SSSR count). The number of nitrogens with zero attached hydrogens (tertiary/aromatic N) is 1. The Kier molecular flexibility index (Phi) is 6.45. The van der Waals surface area contributed by atoms with Gasteiger partial charge in [0.05, 0.1) is 23.6 Å². The van der Waals surface area contributed by atoms with Crippen molar-refractivity contribution < 1.29 is 39.9 Å². The second kappa shape index (κ2) is 9.44. The average molecular weight is 547 g/mol. The summed E-state index contributed by atoms with van der Waals surface area (Å²) in [5.41, 5.74) is 2.63. The van der Waals surface area contributed by atoms with E-state index in [9.17, 15) is 39.9 Å². The van der Waals surface area contributed by atoms with E-state index < -0.39 is 75.6 Å². The van der Waals surface area contributed by atoms with Crippen molar-refractivity contribution in [2.24, 2.45) is 17.6 Å². The first-order chi connectivity index (χ1) is 18.8. The molecule has 208 valence electrons. The van der Waals surface area contributed by atoms with Gasteiger partial charge in [-0.2, -0.15) is 0 Å². The van der Waals surface area contributed by atoms with E-state index in [0.29, 0.717) is 11.1 Å². The number of carbonyl (C=O) groups excluding carboxylic acids is 3. The third-order valence-electron chi connectivity index (χ3n) is 8.42. The van der Waals surface area contributed by atoms with E-state index in [0.717, 1.165) is 5.56 Å². The second-order valence-corrected chi connectivity index (χ2v) is 10.8. The molecule has 2 aromatic rings. The van der Waals surface area contributed by atoms with Crippen LogP contribution in [-0.4, -0.2) is 79.7 Å². The lowest BCUT2D eigenvalue weighted by Crippen LogP contribution is -2.70. The number of phenolic OH excluding ortho intramolecular Hbond substituents is 1. The first kappa shape index (κ1) is 27.3. The topological polar surface area (TPSA) is 182 Å². The van der Waals surface area contributed by atoms with Crippen molar-refractivity contribution in [3.8, 4) is 5.75 Å². The summed E-state index contributed by atoms with van der Waals surface area (Å²) in [7, 11) is 2.93. The van der Waals surface area contributed by atoms with Crippen LogP contribution in [0.3, 0.4) is 0 Å². The van der Waals surface area contributed by atoms with Crippen molar-refractivity contribution in [3.63, 3.8) is 0 Å². The van der Waals surface area contributed by atoms with Crippen LogP contribution in [0.5, 0.6) is 5.75 Å². The SMILES string of the molecule is CC1c2ccc(/C=C/c3ccccc3)c(O)c2C(O)=C2C(=O)[C@]3(O)C(O)=C(C(N)=O)C(=O)[C@@H](N(C)C)C3C(O)C21. The summed E-state index contributed by atoms with van der Waals surface area (Å²) in [6.45, 7) is 1.69. The Bertz CT molecular complexity index is 1540. The lowest BCUT2D eigenvalue weighted by atomic mass is 9.54. The predicted molar refractivity (Wildman–Crippen MR) is 146 cm³/mol. The number of fused-ring (bicyclic) bond motifs is 3. The zero-order chi connectivity index (χ0) is 29.3. The number of phenols is 1. The van der Waals surface area contributed by atoms with Crippen molar-refractivity contribution in [1.82, 2.24) is 4.90 Å². The molecule has 0 saturated heterocycles. The second-order valence-electron chi connectivity index (χ2n) is 10.8. The Morgan fingerprint density at radius 3 is 2.27 bits per heavy atom. The van der Waals surface area contributed by atoms with Gasteiger partial charge in [0.25, 0.3) is 5.91 Å². The quantitative estimate of drug-likeness (QED) is 0.245. The van der Waals surface area contributed by atoms with E-state index in [1.807, 2.05) is 30.3 Å². The highest BCUT2D eigenvalue weighted by Gasteiger charge is 2.68. The molecule has 1 fully saturated rings. The number of aliphatic hydroxyl groups is 4. The van der Waals surface area contributed by atoms with Crippen LogP contribution in [0.4, 0.5) is 0 Å². The smallest absolute Gasteiger partial charge is 0.255 e. The highest BCUT2D eigenvalue weighted by Crippen LogP contribution is 2.56. The van der Waals surface area contributed by atoms with Crippen LogP contribution >= 0.6 is 0 Å². The Morgan fingerprint density at radius 1 is 1.02 bits per heavy atom. The molecule has 40 heavy (non-hydrogen) atoms. The summed E-state index contributed by atoms with van der Waals surface area (Å²) in [5, 5.41) is 57.0. The fraction of sp³-hybridized carbons (Fsp3) is 0.300. The van der Waals surface area contributed by atoms with Gasteiger partial charge in [-0.25, -0.2) is 0 Å². The minimum Gasteiger partial charge on any atom is -0.508 e. The summed E-state index contributed by atoms with van der Waals surface area (Å²) in [6.07, 6.45) is 1.77.